The fourth-order valence-corrected chi connectivity index (χ4v) is 5.26. The third kappa shape index (κ3) is 4.89. The van der Waals surface area contributed by atoms with Crippen LogP contribution in [0, 0.1) is 0 Å². The predicted molar refractivity (Wildman–Crippen MR) is 158 cm³/mol. The van der Waals surface area contributed by atoms with Crippen LogP contribution in [0.15, 0.2) is 100 Å². The van der Waals surface area contributed by atoms with Gasteiger partial charge in [-0.2, -0.15) is 0 Å². The Labute approximate surface area is 241 Å². The molecule has 5 aromatic rings. The molecule has 1 atom stereocenters. The molecule has 0 fully saturated rings. The molecule has 0 N–H and O–H groups in total. The molecule has 206 valence electrons. The normalized spacial score (nSPS) is 14.3. The molecule has 0 saturated heterocycles. The number of fused-ring (bicyclic) bond motifs is 2. The number of methoxy groups -OCH3 is 1. The third-order valence-electron chi connectivity index (χ3n) is 7.00. The smallest absolute Gasteiger partial charge is 0.295 e. The van der Waals surface area contributed by atoms with Crippen LogP contribution in [0.25, 0.3) is 11.0 Å². The maximum absolute atomic E-state index is 13.9. The molecule has 1 aliphatic heterocycles. The molecule has 1 aromatic heterocycles. The van der Waals surface area contributed by atoms with Gasteiger partial charge in [-0.25, -0.2) is 0 Å². The first-order valence-electron chi connectivity index (χ1n) is 13.2. The molecule has 0 saturated carbocycles. The number of rotatable bonds is 8. The van der Waals surface area contributed by atoms with E-state index in [-0.39, 0.29) is 16.8 Å². The number of carbonyl (C=O) groups is 1. The second-order valence-corrected chi connectivity index (χ2v) is 9.94. The molecule has 7 nitrogen and oxygen atoms in total. The van der Waals surface area contributed by atoms with Gasteiger partial charge in [-0.05, 0) is 72.6 Å². The SMILES string of the molecule is CCOc1cc(C2c3c(oc4ccc(Cl)cc4c3=O)C(=O)N2c2ccc(OC)cc2)ccc1OCc1ccccc1. The quantitative estimate of drug-likeness (QED) is 0.198. The first kappa shape index (κ1) is 26.5. The molecule has 41 heavy (non-hydrogen) atoms. The highest BCUT2D eigenvalue weighted by Gasteiger charge is 2.44. The van der Waals surface area contributed by atoms with Crippen LogP contribution in [-0.4, -0.2) is 19.6 Å². The molecule has 4 aromatic carbocycles. The zero-order valence-corrected chi connectivity index (χ0v) is 23.2. The standard InChI is InChI=1S/C33H26ClNO6/c1-3-39-28-17-21(9-15-27(28)40-19-20-7-5-4-6-8-20)30-29-31(36)25-18-22(34)10-16-26(25)41-32(29)33(37)35(30)23-11-13-24(38-2)14-12-23/h4-18,30H,3,19H2,1-2H3. The summed E-state index contributed by atoms with van der Waals surface area (Å²) in [6, 6.07) is 26.4. The number of ether oxygens (including phenoxy) is 3. The first-order valence-corrected chi connectivity index (χ1v) is 13.5. The molecule has 0 aliphatic carbocycles. The van der Waals surface area contributed by atoms with Crippen LogP contribution in [0.4, 0.5) is 5.69 Å². The maximum Gasteiger partial charge on any atom is 0.295 e. The van der Waals surface area contributed by atoms with E-state index in [1.54, 1.807) is 60.5 Å². The van der Waals surface area contributed by atoms with E-state index < -0.39 is 11.9 Å². The number of halogens is 1. The van der Waals surface area contributed by atoms with Gasteiger partial charge in [-0.3, -0.25) is 14.5 Å². The summed E-state index contributed by atoms with van der Waals surface area (Å²) < 4.78 is 23.4. The van der Waals surface area contributed by atoms with E-state index >= 15 is 0 Å². The van der Waals surface area contributed by atoms with Crippen molar-refractivity contribution >= 4 is 34.2 Å². The van der Waals surface area contributed by atoms with Crippen molar-refractivity contribution < 1.29 is 23.4 Å². The summed E-state index contributed by atoms with van der Waals surface area (Å²) in [5, 5.41) is 0.703. The molecule has 6 rings (SSSR count). The van der Waals surface area contributed by atoms with Gasteiger partial charge in [0.25, 0.3) is 5.91 Å². The van der Waals surface area contributed by atoms with Crippen LogP contribution < -0.4 is 24.5 Å². The molecular weight excluding hydrogens is 542 g/mol. The average Bonchev–Trinajstić information content (AvgIpc) is 3.29. The van der Waals surface area contributed by atoms with Crippen LogP contribution in [0.2, 0.25) is 5.02 Å². The topological polar surface area (TPSA) is 78.2 Å². The van der Waals surface area contributed by atoms with Crippen molar-refractivity contribution in [1.29, 1.82) is 0 Å². The average molecular weight is 568 g/mol. The molecule has 0 spiro atoms. The zero-order chi connectivity index (χ0) is 28.5. The Morgan fingerprint density at radius 3 is 2.39 bits per heavy atom. The van der Waals surface area contributed by atoms with E-state index in [0.29, 0.717) is 57.7 Å². The van der Waals surface area contributed by atoms with Gasteiger partial charge >= 0.3 is 0 Å². The Kier molecular flexibility index (Phi) is 7.12. The van der Waals surface area contributed by atoms with E-state index in [9.17, 15) is 9.59 Å². The summed E-state index contributed by atoms with van der Waals surface area (Å²) in [7, 11) is 1.57. The molecule has 1 amide bonds. The van der Waals surface area contributed by atoms with Crippen LogP contribution in [0.5, 0.6) is 17.2 Å². The van der Waals surface area contributed by atoms with Gasteiger partial charge in [0.1, 0.15) is 17.9 Å². The van der Waals surface area contributed by atoms with Crippen molar-refractivity contribution in [2.75, 3.05) is 18.6 Å². The Bertz CT molecular complexity index is 1800. The lowest BCUT2D eigenvalue weighted by atomic mass is 9.97. The van der Waals surface area contributed by atoms with Crippen LogP contribution in [0.1, 0.15) is 40.2 Å². The second-order valence-electron chi connectivity index (χ2n) is 9.50. The van der Waals surface area contributed by atoms with Gasteiger partial charge in [0.2, 0.25) is 5.76 Å². The molecule has 1 aliphatic rings. The number of carbonyl (C=O) groups excluding carboxylic acids is 1. The second kappa shape index (κ2) is 11.0. The Morgan fingerprint density at radius 1 is 0.878 bits per heavy atom. The number of anilines is 1. The Balaban J connectivity index is 1.50. The van der Waals surface area contributed by atoms with Crippen molar-refractivity contribution in [1.82, 2.24) is 0 Å². The molecule has 0 radical (unpaired) electrons. The highest BCUT2D eigenvalue weighted by Crippen LogP contribution is 2.44. The Hall–Kier alpha value is -4.75. The largest absolute Gasteiger partial charge is 0.497 e. The fraction of sp³-hybridized carbons (Fsp3) is 0.152. The van der Waals surface area contributed by atoms with Gasteiger partial charge in [-0.1, -0.05) is 48.0 Å². The number of benzene rings is 4. The molecule has 1 unspecified atom stereocenters. The van der Waals surface area contributed by atoms with Gasteiger partial charge in [-0.15, -0.1) is 0 Å². The van der Waals surface area contributed by atoms with E-state index in [2.05, 4.69) is 0 Å². The van der Waals surface area contributed by atoms with Gasteiger partial charge in [0, 0.05) is 10.7 Å². The fourth-order valence-electron chi connectivity index (χ4n) is 5.09. The minimum Gasteiger partial charge on any atom is -0.497 e. The van der Waals surface area contributed by atoms with Gasteiger partial charge in [0.15, 0.2) is 16.9 Å². The van der Waals surface area contributed by atoms with Crippen molar-refractivity contribution in [2.24, 2.45) is 0 Å². The summed E-state index contributed by atoms with van der Waals surface area (Å²) >= 11 is 6.22. The summed E-state index contributed by atoms with van der Waals surface area (Å²) in [4.78, 5) is 29.4. The van der Waals surface area contributed by atoms with Gasteiger partial charge in [0.05, 0.1) is 30.7 Å². The minimum atomic E-state index is -0.784. The molecule has 0 bridgehead atoms. The van der Waals surface area contributed by atoms with Crippen LogP contribution in [-0.2, 0) is 6.61 Å². The third-order valence-corrected chi connectivity index (χ3v) is 7.24. The molecular formula is C33H26ClNO6. The van der Waals surface area contributed by atoms with E-state index in [1.165, 1.54) is 0 Å². The van der Waals surface area contributed by atoms with Gasteiger partial charge < -0.3 is 18.6 Å². The lowest BCUT2D eigenvalue weighted by Crippen LogP contribution is -2.29. The summed E-state index contributed by atoms with van der Waals surface area (Å²) in [5.74, 6) is 1.27. The lowest BCUT2D eigenvalue weighted by Gasteiger charge is -2.26. The molecule has 2 heterocycles. The van der Waals surface area contributed by atoms with Crippen LogP contribution >= 0.6 is 11.6 Å². The number of hydrogen-bond donors (Lipinski definition) is 0. The van der Waals surface area contributed by atoms with E-state index in [0.717, 1.165) is 5.56 Å². The highest BCUT2D eigenvalue weighted by molar-refractivity contribution is 6.31. The Morgan fingerprint density at radius 2 is 1.66 bits per heavy atom. The summed E-state index contributed by atoms with van der Waals surface area (Å²) in [6.45, 7) is 2.65. The monoisotopic (exact) mass is 567 g/mol. The highest BCUT2D eigenvalue weighted by atomic mass is 35.5. The van der Waals surface area contributed by atoms with Crippen molar-refractivity contribution in [2.45, 2.75) is 19.6 Å². The summed E-state index contributed by atoms with van der Waals surface area (Å²) in [5.41, 5.74) is 2.47. The van der Waals surface area contributed by atoms with E-state index in [1.807, 2.05) is 49.4 Å². The van der Waals surface area contributed by atoms with Crippen molar-refractivity contribution in [3.63, 3.8) is 0 Å². The minimum absolute atomic E-state index is 0.00648. The zero-order valence-electron chi connectivity index (χ0n) is 22.4. The number of nitrogens with zero attached hydrogens (tertiary/aromatic N) is 1. The summed E-state index contributed by atoms with van der Waals surface area (Å²) in [6.07, 6.45) is 0. The molecule has 8 heteroatoms. The lowest BCUT2D eigenvalue weighted by molar-refractivity contribution is 0.0971. The van der Waals surface area contributed by atoms with E-state index in [4.69, 9.17) is 30.2 Å². The maximum atomic E-state index is 13.9. The van der Waals surface area contributed by atoms with Crippen molar-refractivity contribution in [3.05, 3.63) is 129 Å². The number of amides is 1. The van der Waals surface area contributed by atoms with Crippen molar-refractivity contribution in [3.8, 4) is 17.2 Å². The number of hydrogen-bond acceptors (Lipinski definition) is 6. The first-order chi connectivity index (χ1) is 20.0. The predicted octanol–water partition coefficient (Wildman–Crippen LogP) is 7.18. The van der Waals surface area contributed by atoms with Crippen LogP contribution in [0.3, 0.4) is 0 Å².